The second-order valence-corrected chi connectivity index (χ2v) is 6.67. The zero-order valence-electron chi connectivity index (χ0n) is 10.6. The molecule has 1 unspecified atom stereocenters. The van der Waals surface area contributed by atoms with Crippen LogP contribution in [-0.4, -0.2) is 32.4 Å². The van der Waals surface area contributed by atoms with Gasteiger partial charge in [0.2, 0.25) is 10.0 Å². The summed E-state index contributed by atoms with van der Waals surface area (Å²) >= 11 is 0. The van der Waals surface area contributed by atoms with E-state index in [1.54, 1.807) is 24.3 Å². The van der Waals surface area contributed by atoms with Crippen LogP contribution in [0.1, 0.15) is 12.0 Å². The van der Waals surface area contributed by atoms with Crippen LogP contribution < -0.4 is 5.73 Å². The van der Waals surface area contributed by atoms with Gasteiger partial charge in [-0.2, -0.15) is 9.57 Å². The van der Waals surface area contributed by atoms with Crippen molar-refractivity contribution in [2.24, 2.45) is 11.7 Å². The van der Waals surface area contributed by atoms with E-state index in [9.17, 15) is 8.42 Å². The van der Waals surface area contributed by atoms with Crippen LogP contribution in [0, 0.1) is 17.2 Å². The minimum Gasteiger partial charge on any atom is -0.330 e. The molecule has 0 amide bonds. The molecule has 1 atom stereocenters. The van der Waals surface area contributed by atoms with Gasteiger partial charge in [0.05, 0.1) is 17.4 Å². The number of nitriles is 1. The maximum atomic E-state index is 12.4. The van der Waals surface area contributed by atoms with E-state index in [0.717, 1.165) is 12.0 Å². The van der Waals surface area contributed by atoms with Crippen LogP contribution in [0.15, 0.2) is 29.2 Å². The maximum absolute atomic E-state index is 12.4. The first kappa shape index (κ1) is 14.0. The Bertz CT molecular complexity index is 575. The molecule has 1 aromatic rings. The van der Waals surface area contributed by atoms with Crippen molar-refractivity contribution in [1.82, 2.24) is 4.31 Å². The highest BCUT2D eigenvalue weighted by molar-refractivity contribution is 7.89. The monoisotopic (exact) mass is 279 g/mol. The number of hydrogen-bond acceptors (Lipinski definition) is 4. The van der Waals surface area contributed by atoms with E-state index in [4.69, 9.17) is 11.0 Å². The first-order valence-electron chi connectivity index (χ1n) is 6.24. The summed E-state index contributed by atoms with van der Waals surface area (Å²) < 4.78 is 26.3. The molecule has 19 heavy (non-hydrogen) atoms. The third kappa shape index (κ3) is 2.95. The maximum Gasteiger partial charge on any atom is 0.243 e. The highest BCUT2D eigenvalue weighted by Crippen LogP contribution is 2.24. The van der Waals surface area contributed by atoms with Crippen LogP contribution in [0.25, 0.3) is 0 Å². The van der Waals surface area contributed by atoms with Gasteiger partial charge >= 0.3 is 0 Å². The van der Waals surface area contributed by atoms with E-state index in [0.29, 0.717) is 26.1 Å². The van der Waals surface area contributed by atoms with Gasteiger partial charge < -0.3 is 5.73 Å². The molecule has 1 fully saturated rings. The van der Waals surface area contributed by atoms with Gasteiger partial charge in [-0.15, -0.1) is 0 Å². The molecule has 1 aliphatic heterocycles. The van der Waals surface area contributed by atoms with Gasteiger partial charge in [-0.1, -0.05) is 12.1 Å². The molecule has 2 N–H and O–H groups in total. The summed E-state index contributed by atoms with van der Waals surface area (Å²) in [6.45, 7) is 1.55. The fourth-order valence-electron chi connectivity index (χ4n) is 2.23. The number of benzene rings is 1. The van der Waals surface area contributed by atoms with Crippen molar-refractivity contribution in [2.45, 2.75) is 17.7 Å². The topological polar surface area (TPSA) is 87.2 Å². The molecule has 0 radical (unpaired) electrons. The second kappa shape index (κ2) is 5.70. The highest BCUT2D eigenvalue weighted by Gasteiger charge is 2.31. The van der Waals surface area contributed by atoms with Crippen molar-refractivity contribution in [2.75, 3.05) is 19.6 Å². The van der Waals surface area contributed by atoms with Crippen molar-refractivity contribution in [3.63, 3.8) is 0 Å². The van der Waals surface area contributed by atoms with E-state index in [1.165, 1.54) is 4.31 Å². The molecule has 0 saturated carbocycles. The second-order valence-electron chi connectivity index (χ2n) is 4.73. The Morgan fingerprint density at radius 2 is 2.05 bits per heavy atom. The quantitative estimate of drug-likeness (QED) is 0.879. The Kier molecular flexibility index (Phi) is 4.20. The van der Waals surface area contributed by atoms with Gasteiger partial charge in [0.15, 0.2) is 0 Å². The molecular weight excluding hydrogens is 262 g/mol. The lowest BCUT2D eigenvalue weighted by atomic mass is 10.1. The molecule has 0 spiro atoms. The summed E-state index contributed by atoms with van der Waals surface area (Å²) in [6, 6.07) is 8.55. The Hall–Kier alpha value is -1.42. The summed E-state index contributed by atoms with van der Waals surface area (Å²) in [4.78, 5) is 0.284. The van der Waals surface area contributed by atoms with E-state index in [-0.39, 0.29) is 10.8 Å². The minimum atomic E-state index is -3.42. The summed E-state index contributed by atoms with van der Waals surface area (Å²) in [5.41, 5.74) is 6.40. The fraction of sp³-hybridized carbons (Fsp3) is 0.462. The van der Waals surface area contributed by atoms with E-state index in [1.807, 2.05) is 6.07 Å². The summed E-state index contributed by atoms with van der Waals surface area (Å²) in [6.07, 6.45) is 1.11. The van der Waals surface area contributed by atoms with Crippen LogP contribution in [-0.2, 0) is 16.4 Å². The highest BCUT2D eigenvalue weighted by atomic mass is 32.2. The van der Waals surface area contributed by atoms with Crippen LogP contribution in [0.3, 0.4) is 0 Å². The smallest absolute Gasteiger partial charge is 0.243 e. The molecule has 1 aliphatic rings. The molecule has 1 heterocycles. The third-order valence-corrected chi connectivity index (χ3v) is 5.31. The number of nitrogens with zero attached hydrogens (tertiary/aromatic N) is 2. The van der Waals surface area contributed by atoms with Crippen LogP contribution in [0.4, 0.5) is 0 Å². The van der Waals surface area contributed by atoms with Gasteiger partial charge in [-0.3, -0.25) is 0 Å². The average molecular weight is 279 g/mol. The van der Waals surface area contributed by atoms with Crippen LogP contribution in [0.2, 0.25) is 0 Å². The normalized spacial score (nSPS) is 20.3. The fourth-order valence-corrected chi connectivity index (χ4v) is 3.76. The number of sulfonamides is 1. The van der Waals surface area contributed by atoms with Crippen molar-refractivity contribution in [3.05, 3.63) is 29.8 Å². The van der Waals surface area contributed by atoms with E-state index >= 15 is 0 Å². The largest absolute Gasteiger partial charge is 0.330 e. The van der Waals surface area contributed by atoms with Crippen molar-refractivity contribution < 1.29 is 8.42 Å². The van der Waals surface area contributed by atoms with Gasteiger partial charge in [-0.25, -0.2) is 8.42 Å². The van der Waals surface area contributed by atoms with Crippen LogP contribution >= 0.6 is 0 Å². The average Bonchev–Trinajstić information content (AvgIpc) is 2.89. The summed E-state index contributed by atoms with van der Waals surface area (Å²) in [5, 5.41) is 8.59. The number of hydrogen-bond donors (Lipinski definition) is 1. The van der Waals surface area contributed by atoms with Crippen LogP contribution in [0.5, 0.6) is 0 Å². The lowest BCUT2D eigenvalue weighted by Gasteiger charge is -2.16. The summed E-state index contributed by atoms with van der Waals surface area (Å²) in [7, 11) is -3.42. The first-order chi connectivity index (χ1) is 9.07. The van der Waals surface area contributed by atoms with Gasteiger partial charge in [0.1, 0.15) is 0 Å². The van der Waals surface area contributed by atoms with E-state index in [2.05, 4.69) is 0 Å². The predicted molar refractivity (Wildman–Crippen MR) is 71.7 cm³/mol. The van der Waals surface area contributed by atoms with E-state index < -0.39 is 10.0 Å². The molecular formula is C13H17N3O2S. The standard InChI is InChI=1S/C13H17N3O2S/c14-7-5-11-1-3-13(4-2-11)19(17,18)16-8-6-12(9-15)10-16/h1-4,12H,5-6,8-10,15H2. The first-order valence-corrected chi connectivity index (χ1v) is 7.68. The number of rotatable bonds is 4. The Morgan fingerprint density at radius 1 is 1.37 bits per heavy atom. The molecule has 6 heteroatoms. The Balaban J connectivity index is 2.18. The number of nitrogens with two attached hydrogens (primary N) is 1. The SMILES string of the molecule is N#CCc1ccc(S(=O)(=O)N2CCC(CN)C2)cc1. The third-order valence-electron chi connectivity index (χ3n) is 3.43. The summed E-state index contributed by atoms with van der Waals surface area (Å²) in [5.74, 6) is 0.257. The lowest BCUT2D eigenvalue weighted by molar-refractivity contribution is 0.459. The molecule has 2 rings (SSSR count). The molecule has 5 nitrogen and oxygen atoms in total. The van der Waals surface area contributed by atoms with Crippen molar-refractivity contribution >= 4 is 10.0 Å². The van der Waals surface area contributed by atoms with Gasteiger partial charge in [0.25, 0.3) is 0 Å². The molecule has 0 bridgehead atoms. The zero-order valence-corrected chi connectivity index (χ0v) is 11.4. The molecule has 1 saturated heterocycles. The van der Waals surface area contributed by atoms with Gasteiger partial charge in [0, 0.05) is 13.1 Å². The minimum absolute atomic E-state index is 0.257. The predicted octanol–water partition coefficient (Wildman–Crippen LogP) is 0.722. The Morgan fingerprint density at radius 3 is 2.58 bits per heavy atom. The molecule has 0 aromatic heterocycles. The molecule has 1 aromatic carbocycles. The Labute approximate surface area is 113 Å². The molecule has 102 valence electrons. The zero-order chi connectivity index (χ0) is 13.9. The van der Waals surface area contributed by atoms with Crippen molar-refractivity contribution in [3.8, 4) is 6.07 Å². The van der Waals surface area contributed by atoms with Gasteiger partial charge in [-0.05, 0) is 36.6 Å². The van der Waals surface area contributed by atoms with Crippen molar-refractivity contribution in [1.29, 1.82) is 5.26 Å². The lowest BCUT2D eigenvalue weighted by Crippen LogP contribution is -2.30. The molecule has 0 aliphatic carbocycles.